The Hall–Kier alpha value is -1.26. The van der Waals surface area contributed by atoms with E-state index in [2.05, 4.69) is 29.5 Å². The Morgan fingerprint density at radius 1 is 1.29 bits per heavy atom. The van der Waals surface area contributed by atoms with Crippen molar-refractivity contribution in [2.75, 3.05) is 27.7 Å². The zero-order valence-corrected chi connectivity index (χ0v) is 14.1. The predicted octanol–water partition coefficient (Wildman–Crippen LogP) is 1.60. The van der Waals surface area contributed by atoms with E-state index < -0.39 is 0 Å². The number of aliphatic imine (C=N–C) groups is 1. The molecule has 0 spiro atoms. The number of nitrogens with zero attached hydrogens (tertiary/aromatic N) is 2. The fraction of sp³-hybridized carbons (Fsp3) is 0.875. The fourth-order valence-electron chi connectivity index (χ4n) is 3.32. The number of nitrogens with one attached hydrogen (secondary N) is 2. The van der Waals surface area contributed by atoms with Crippen LogP contribution in [-0.2, 0) is 4.79 Å². The van der Waals surface area contributed by atoms with Crippen molar-refractivity contribution in [3.8, 4) is 0 Å². The average molecular weight is 294 g/mol. The Morgan fingerprint density at radius 3 is 2.29 bits per heavy atom. The van der Waals surface area contributed by atoms with Crippen LogP contribution in [0.25, 0.3) is 0 Å². The standard InChI is InChI=1S/C16H30N4O/c1-15(2)10-12(15)19-14(17-3)18-11-16(8-6-7-9-16)13(21)20(4)5/h12H,6-11H2,1-5H3,(H2,17,18,19). The van der Waals surface area contributed by atoms with Crippen molar-refractivity contribution in [1.82, 2.24) is 15.5 Å². The molecule has 0 aromatic rings. The normalized spacial score (nSPS) is 26.3. The fourth-order valence-corrected chi connectivity index (χ4v) is 3.32. The smallest absolute Gasteiger partial charge is 0.230 e. The molecule has 0 saturated heterocycles. The highest BCUT2D eigenvalue weighted by Gasteiger charge is 2.46. The summed E-state index contributed by atoms with van der Waals surface area (Å²) >= 11 is 0. The summed E-state index contributed by atoms with van der Waals surface area (Å²) in [7, 11) is 5.49. The molecule has 5 heteroatoms. The minimum atomic E-state index is -0.250. The summed E-state index contributed by atoms with van der Waals surface area (Å²) in [6.45, 7) is 5.19. The van der Waals surface area contributed by atoms with E-state index in [9.17, 15) is 4.79 Å². The van der Waals surface area contributed by atoms with Gasteiger partial charge in [0.1, 0.15) is 0 Å². The van der Waals surface area contributed by atoms with Crippen LogP contribution in [0.4, 0.5) is 0 Å². The molecule has 0 aromatic carbocycles. The van der Waals surface area contributed by atoms with Gasteiger partial charge in [0.05, 0.1) is 5.41 Å². The van der Waals surface area contributed by atoms with E-state index in [0.717, 1.165) is 31.6 Å². The molecule has 5 nitrogen and oxygen atoms in total. The number of carbonyl (C=O) groups is 1. The molecular formula is C16H30N4O. The van der Waals surface area contributed by atoms with Crippen molar-refractivity contribution >= 4 is 11.9 Å². The van der Waals surface area contributed by atoms with Gasteiger partial charge in [0.25, 0.3) is 0 Å². The summed E-state index contributed by atoms with van der Waals surface area (Å²) in [5, 5.41) is 6.84. The highest BCUT2D eigenvalue weighted by molar-refractivity contribution is 5.85. The lowest BCUT2D eigenvalue weighted by Gasteiger charge is -2.31. The van der Waals surface area contributed by atoms with Crippen LogP contribution < -0.4 is 10.6 Å². The van der Waals surface area contributed by atoms with Gasteiger partial charge in [0.15, 0.2) is 5.96 Å². The van der Waals surface area contributed by atoms with Crippen LogP contribution in [-0.4, -0.2) is 50.5 Å². The second kappa shape index (κ2) is 5.85. The zero-order valence-electron chi connectivity index (χ0n) is 14.1. The van der Waals surface area contributed by atoms with E-state index in [0.29, 0.717) is 18.0 Å². The Bertz CT molecular complexity index is 422. The number of hydrogen-bond acceptors (Lipinski definition) is 2. The SMILES string of the molecule is CN=C(NCC1(C(=O)N(C)C)CCCC1)NC1CC1(C)C. The second-order valence-corrected chi connectivity index (χ2v) is 7.50. The van der Waals surface area contributed by atoms with Gasteiger partial charge in [-0.15, -0.1) is 0 Å². The average Bonchev–Trinajstić information content (AvgIpc) is 2.85. The predicted molar refractivity (Wildman–Crippen MR) is 86.3 cm³/mol. The van der Waals surface area contributed by atoms with Gasteiger partial charge in [-0.05, 0) is 24.7 Å². The minimum Gasteiger partial charge on any atom is -0.355 e. The van der Waals surface area contributed by atoms with Crippen LogP contribution in [0.1, 0.15) is 46.0 Å². The van der Waals surface area contributed by atoms with Gasteiger partial charge < -0.3 is 15.5 Å². The van der Waals surface area contributed by atoms with E-state index in [4.69, 9.17) is 0 Å². The molecule has 2 rings (SSSR count). The molecule has 21 heavy (non-hydrogen) atoms. The molecule has 0 bridgehead atoms. The molecule has 1 amide bonds. The third-order valence-electron chi connectivity index (χ3n) is 5.06. The molecule has 1 unspecified atom stereocenters. The molecule has 2 aliphatic carbocycles. The first kappa shape index (κ1) is 16.1. The van der Waals surface area contributed by atoms with Gasteiger partial charge in [0, 0.05) is 33.7 Å². The Labute approximate surface area is 128 Å². The van der Waals surface area contributed by atoms with Gasteiger partial charge >= 0.3 is 0 Å². The van der Waals surface area contributed by atoms with Crippen LogP contribution in [0.2, 0.25) is 0 Å². The molecule has 2 N–H and O–H groups in total. The maximum absolute atomic E-state index is 12.5. The zero-order chi connectivity index (χ0) is 15.7. The van der Waals surface area contributed by atoms with Crippen LogP contribution in [0.3, 0.4) is 0 Å². The Morgan fingerprint density at radius 2 is 1.86 bits per heavy atom. The second-order valence-electron chi connectivity index (χ2n) is 7.50. The molecule has 2 aliphatic rings. The third kappa shape index (κ3) is 3.50. The Kier molecular flexibility index (Phi) is 4.49. The van der Waals surface area contributed by atoms with Crippen molar-refractivity contribution in [2.45, 2.75) is 52.0 Å². The van der Waals surface area contributed by atoms with Crippen molar-refractivity contribution in [1.29, 1.82) is 0 Å². The van der Waals surface area contributed by atoms with Crippen molar-refractivity contribution in [2.24, 2.45) is 15.8 Å². The van der Waals surface area contributed by atoms with Crippen LogP contribution >= 0.6 is 0 Å². The molecule has 0 heterocycles. The topological polar surface area (TPSA) is 56.7 Å². The lowest BCUT2D eigenvalue weighted by Crippen LogP contribution is -2.49. The highest BCUT2D eigenvalue weighted by atomic mass is 16.2. The molecule has 120 valence electrons. The Balaban J connectivity index is 1.93. The maximum atomic E-state index is 12.5. The minimum absolute atomic E-state index is 0.245. The number of hydrogen-bond donors (Lipinski definition) is 2. The molecule has 2 fully saturated rings. The summed E-state index contributed by atoms with van der Waals surface area (Å²) in [6.07, 6.45) is 5.41. The van der Waals surface area contributed by atoms with Gasteiger partial charge in [-0.25, -0.2) is 0 Å². The van der Waals surface area contributed by atoms with Gasteiger partial charge in [0.2, 0.25) is 5.91 Å². The quantitative estimate of drug-likeness (QED) is 0.611. The molecule has 2 saturated carbocycles. The molecule has 0 aromatic heterocycles. The first-order valence-electron chi connectivity index (χ1n) is 8.00. The van der Waals surface area contributed by atoms with E-state index >= 15 is 0 Å². The highest BCUT2D eigenvalue weighted by Crippen LogP contribution is 2.44. The maximum Gasteiger partial charge on any atom is 0.230 e. The third-order valence-corrected chi connectivity index (χ3v) is 5.06. The monoisotopic (exact) mass is 294 g/mol. The number of rotatable bonds is 4. The van der Waals surface area contributed by atoms with E-state index in [1.165, 1.54) is 6.42 Å². The number of amides is 1. The molecular weight excluding hydrogens is 264 g/mol. The van der Waals surface area contributed by atoms with Gasteiger partial charge in [-0.3, -0.25) is 9.79 Å². The lowest BCUT2D eigenvalue weighted by molar-refractivity contribution is -0.138. The van der Waals surface area contributed by atoms with Gasteiger partial charge in [-0.1, -0.05) is 26.7 Å². The summed E-state index contributed by atoms with van der Waals surface area (Å²) in [4.78, 5) is 18.6. The van der Waals surface area contributed by atoms with Gasteiger partial charge in [-0.2, -0.15) is 0 Å². The molecule has 0 radical (unpaired) electrons. The first-order chi connectivity index (χ1) is 9.81. The van der Waals surface area contributed by atoms with E-state index in [1.807, 2.05) is 14.1 Å². The van der Waals surface area contributed by atoms with E-state index in [-0.39, 0.29) is 11.3 Å². The van der Waals surface area contributed by atoms with Crippen molar-refractivity contribution in [3.63, 3.8) is 0 Å². The summed E-state index contributed by atoms with van der Waals surface area (Å²) in [5.74, 6) is 1.07. The van der Waals surface area contributed by atoms with Crippen LogP contribution in [0, 0.1) is 10.8 Å². The summed E-state index contributed by atoms with van der Waals surface area (Å²) in [6, 6.07) is 0.493. The lowest BCUT2D eigenvalue weighted by atomic mass is 9.84. The van der Waals surface area contributed by atoms with Crippen LogP contribution in [0.15, 0.2) is 4.99 Å². The summed E-state index contributed by atoms with van der Waals surface area (Å²) in [5.41, 5.74) is 0.113. The van der Waals surface area contributed by atoms with Crippen molar-refractivity contribution in [3.05, 3.63) is 0 Å². The van der Waals surface area contributed by atoms with E-state index in [1.54, 1.807) is 11.9 Å². The number of carbonyl (C=O) groups excluding carboxylic acids is 1. The largest absolute Gasteiger partial charge is 0.355 e. The summed E-state index contributed by atoms with van der Waals surface area (Å²) < 4.78 is 0. The number of guanidine groups is 1. The molecule has 0 aliphatic heterocycles. The first-order valence-corrected chi connectivity index (χ1v) is 8.00. The van der Waals surface area contributed by atoms with Crippen molar-refractivity contribution < 1.29 is 4.79 Å². The molecule has 1 atom stereocenters. The van der Waals surface area contributed by atoms with Crippen LogP contribution in [0.5, 0.6) is 0 Å².